The molecule has 1 rings (SSSR count). The fraction of sp³-hybridized carbons (Fsp3) is 0.333. The van der Waals surface area contributed by atoms with E-state index in [0.29, 0.717) is 0 Å². The molecule has 0 radical (unpaired) electrons. The lowest BCUT2D eigenvalue weighted by atomic mass is 10.3. The van der Waals surface area contributed by atoms with Gasteiger partial charge in [0.1, 0.15) is 6.61 Å². The van der Waals surface area contributed by atoms with E-state index in [-0.39, 0.29) is 24.0 Å². The molecule has 0 saturated carbocycles. The van der Waals surface area contributed by atoms with E-state index in [2.05, 4.69) is 4.74 Å². The van der Waals surface area contributed by atoms with Crippen LogP contribution in [0.4, 0.5) is 13.2 Å². The molecular formula is C9H8ClF3O2. The molecule has 0 saturated heterocycles. The highest BCUT2D eigenvalue weighted by molar-refractivity contribution is 6.18. The van der Waals surface area contributed by atoms with Gasteiger partial charge in [-0.3, -0.25) is 0 Å². The van der Waals surface area contributed by atoms with Crippen LogP contribution in [0, 0.1) is 0 Å². The Kier molecular flexibility index (Phi) is 4.08. The van der Waals surface area contributed by atoms with Crippen molar-refractivity contribution < 1.29 is 22.6 Å². The molecule has 0 aromatic heterocycles. The van der Waals surface area contributed by atoms with E-state index in [9.17, 15) is 13.2 Å². The van der Waals surface area contributed by atoms with Crippen LogP contribution in [-0.4, -0.2) is 18.8 Å². The maximum atomic E-state index is 11.9. The van der Waals surface area contributed by atoms with Crippen LogP contribution >= 0.6 is 11.6 Å². The molecule has 15 heavy (non-hydrogen) atoms. The van der Waals surface area contributed by atoms with Crippen molar-refractivity contribution in [2.75, 3.05) is 12.5 Å². The fourth-order valence-electron chi connectivity index (χ4n) is 0.927. The third kappa shape index (κ3) is 4.29. The van der Waals surface area contributed by atoms with Gasteiger partial charge in [0, 0.05) is 0 Å². The molecule has 0 spiro atoms. The third-order valence-electron chi connectivity index (χ3n) is 1.41. The second kappa shape index (κ2) is 5.11. The molecule has 84 valence electrons. The Hall–Kier alpha value is -1.10. The predicted octanol–water partition coefficient (Wildman–Crippen LogP) is 3.20. The summed E-state index contributed by atoms with van der Waals surface area (Å²) in [5, 5.41) is 0. The van der Waals surface area contributed by atoms with E-state index >= 15 is 0 Å². The predicted molar refractivity (Wildman–Crippen MR) is 49.3 cm³/mol. The van der Waals surface area contributed by atoms with E-state index in [4.69, 9.17) is 16.3 Å². The van der Waals surface area contributed by atoms with Crippen LogP contribution in [0.25, 0.3) is 0 Å². The highest BCUT2D eigenvalue weighted by Gasteiger charge is 2.32. The minimum Gasteiger partial charge on any atom is -0.488 e. The SMILES string of the molecule is FC(F)(F)Oc1ccccc1OCCCl. The average molecular weight is 241 g/mol. The summed E-state index contributed by atoms with van der Waals surface area (Å²) in [6, 6.07) is 5.53. The second-order valence-corrected chi connectivity index (χ2v) is 2.91. The van der Waals surface area contributed by atoms with Gasteiger partial charge >= 0.3 is 6.36 Å². The topological polar surface area (TPSA) is 18.5 Å². The molecule has 1 aromatic rings. The molecular weight excluding hydrogens is 233 g/mol. The van der Waals surface area contributed by atoms with Crippen molar-refractivity contribution in [2.24, 2.45) is 0 Å². The maximum Gasteiger partial charge on any atom is 0.573 e. The van der Waals surface area contributed by atoms with Crippen molar-refractivity contribution in [3.05, 3.63) is 24.3 Å². The normalized spacial score (nSPS) is 11.2. The average Bonchev–Trinajstić information content (AvgIpc) is 2.14. The summed E-state index contributed by atoms with van der Waals surface area (Å²) in [5.41, 5.74) is 0. The van der Waals surface area contributed by atoms with Gasteiger partial charge in [-0.05, 0) is 12.1 Å². The molecule has 2 nitrogen and oxygen atoms in total. The summed E-state index contributed by atoms with van der Waals surface area (Å²) < 4.78 is 44.6. The zero-order chi connectivity index (χ0) is 11.3. The van der Waals surface area contributed by atoms with Crippen molar-refractivity contribution in [1.29, 1.82) is 0 Å². The number of halogens is 4. The lowest BCUT2D eigenvalue weighted by Gasteiger charge is -2.13. The number of alkyl halides is 4. The number of ether oxygens (including phenoxy) is 2. The first-order valence-corrected chi connectivity index (χ1v) is 4.60. The third-order valence-corrected chi connectivity index (χ3v) is 1.56. The van der Waals surface area contributed by atoms with Crippen molar-refractivity contribution in [1.82, 2.24) is 0 Å². The van der Waals surface area contributed by atoms with Crippen molar-refractivity contribution in [3.8, 4) is 11.5 Å². The quantitative estimate of drug-likeness (QED) is 0.753. The van der Waals surface area contributed by atoms with Gasteiger partial charge in [0.15, 0.2) is 11.5 Å². The van der Waals surface area contributed by atoms with Gasteiger partial charge in [-0.25, -0.2) is 0 Å². The van der Waals surface area contributed by atoms with E-state index in [1.165, 1.54) is 18.2 Å². The highest BCUT2D eigenvalue weighted by Crippen LogP contribution is 2.31. The molecule has 0 fully saturated rings. The molecule has 0 bridgehead atoms. The Labute approximate surface area is 89.6 Å². The molecule has 6 heteroatoms. The van der Waals surface area contributed by atoms with E-state index in [1.54, 1.807) is 6.07 Å². The standard InChI is InChI=1S/C9H8ClF3O2/c10-5-6-14-7-3-1-2-4-8(7)15-9(11,12)13/h1-4H,5-6H2. The van der Waals surface area contributed by atoms with Crippen LogP contribution in [-0.2, 0) is 0 Å². The summed E-state index contributed by atoms with van der Waals surface area (Å²) in [6.07, 6.45) is -4.72. The summed E-state index contributed by atoms with van der Waals surface area (Å²) >= 11 is 5.35. The first-order valence-electron chi connectivity index (χ1n) is 4.06. The largest absolute Gasteiger partial charge is 0.573 e. The Bertz CT molecular complexity index is 314. The molecule has 0 heterocycles. The van der Waals surface area contributed by atoms with Crippen LogP contribution in [0.2, 0.25) is 0 Å². The van der Waals surface area contributed by atoms with Gasteiger partial charge in [-0.1, -0.05) is 12.1 Å². The number of para-hydroxylation sites is 2. The Morgan fingerprint density at radius 2 is 1.73 bits per heavy atom. The minimum absolute atomic E-state index is 0.0236. The van der Waals surface area contributed by atoms with Crippen LogP contribution in [0.15, 0.2) is 24.3 Å². The molecule has 0 aliphatic heterocycles. The van der Waals surface area contributed by atoms with E-state index in [0.717, 1.165) is 0 Å². The zero-order valence-corrected chi connectivity index (χ0v) is 8.31. The maximum absolute atomic E-state index is 11.9. The summed E-state index contributed by atoms with van der Waals surface area (Å²) in [7, 11) is 0. The van der Waals surface area contributed by atoms with Crippen LogP contribution in [0.5, 0.6) is 11.5 Å². The summed E-state index contributed by atoms with van der Waals surface area (Å²) in [4.78, 5) is 0. The molecule has 0 aliphatic rings. The van der Waals surface area contributed by atoms with Crippen molar-refractivity contribution >= 4 is 11.6 Å². The molecule has 1 aromatic carbocycles. The lowest BCUT2D eigenvalue weighted by Crippen LogP contribution is -2.17. The van der Waals surface area contributed by atoms with Gasteiger partial charge in [0.2, 0.25) is 0 Å². The number of benzene rings is 1. The first-order chi connectivity index (χ1) is 7.03. The van der Waals surface area contributed by atoms with Gasteiger partial charge in [-0.2, -0.15) is 0 Å². The molecule has 0 unspecified atom stereocenters. The Morgan fingerprint density at radius 3 is 2.27 bits per heavy atom. The first kappa shape index (κ1) is 12.0. The zero-order valence-electron chi connectivity index (χ0n) is 7.55. The van der Waals surface area contributed by atoms with Gasteiger partial charge in [0.05, 0.1) is 5.88 Å². The second-order valence-electron chi connectivity index (χ2n) is 2.53. The van der Waals surface area contributed by atoms with Crippen LogP contribution in [0.3, 0.4) is 0 Å². The monoisotopic (exact) mass is 240 g/mol. The van der Waals surface area contributed by atoms with Crippen LogP contribution in [0.1, 0.15) is 0 Å². The number of hydrogen-bond acceptors (Lipinski definition) is 2. The molecule has 0 aliphatic carbocycles. The Morgan fingerprint density at radius 1 is 1.13 bits per heavy atom. The number of hydrogen-bond donors (Lipinski definition) is 0. The lowest BCUT2D eigenvalue weighted by molar-refractivity contribution is -0.275. The minimum atomic E-state index is -4.72. The van der Waals surface area contributed by atoms with Gasteiger partial charge in [-0.15, -0.1) is 24.8 Å². The van der Waals surface area contributed by atoms with Crippen molar-refractivity contribution in [3.63, 3.8) is 0 Å². The molecule has 0 atom stereocenters. The van der Waals surface area contributed by atoms with Gasteiger partial charge < -0.3 is 9.47 Å². The van der Waals surface area contributed by atoms with Crippen molar-refractivity contribution in [2.45, 2.75) is 6.36 Å². The molecule has 0 N–H and O–H groups in total. The van der Waals surface area contributed by atoms with E-state index < -0.39 is 6.36 Å². The fourth-order valence-corrected chi connectivity index (χ4v) is 1.00. The van der Waals surface area contributed by atoms with Gasteiger partial charge in [0.25, 0.3) is 0 Å². The molecule has 0 amide bonds. The van der Waals surface area contributed by atoms with Crippen LogP contribution < -0.4 is 9.47 Å². The smallest absolute Gasteiger partial charge is 0.488 e. The van der Waals surface area contributed by atoms with E-state index in [1.807, 2.05) is 0 Å². The summed E-state index contributed by atoms with van der Waals surface area (Å²) in [6.45, 7) is 0.125. The Balaban J connectivity index is 2.77. The number of rotatable bonds is 4. The highest BCUT2D eigenvalue weighted by atomic mass is 35.5. The summed E-state index contributed by atoms with van der Waals surface area (Å²) in [5.74, 6) is -0.147.